The monoisotopic (exact) mass is 266 g/mol. The van der Waals surface area contributed by atoms with Crippen molar-refractivity contribution in [3.63, 3.8) is 0 Å². The molecule has 0 saturated heterocycles. The van der Waals surface area contributed by atoms with Gasteiger partial charge in [-0.15, -0.1) is 0 Å². The summed E-state index contributed by atoms with van der Waals surface area (Å²) < 4.78 is 5.06. The van der Waals surface area contributed by atoms with Crippen molar-refractivity contribution in [3.05, 3.63) is 66.2 Å². The maximum atomic E-state index is 11.8. The number of hydrogen-bond donors (Lipinski definition) is 0. The summed E-state index contributed by atoms with van der Waals surface area (Å²) in [5.41, 5.74) is 3.78. The predicted molar refractivity (Wildman–Crippen MR) is 82.2 cm³/mol. The molecular weight excluding hydrogens is 248 g/mol. The fraction of sp³-hybridized carbons (Fsp3) is 0.167. The van der Waals surface area contributed by atoms with Gasteiger partial charge in [-0.2, -0.15) is 0 Å². The van der Waals surface area contributed by atoms with E-state index in [1.807, 2.05) is 56.3 Å². The molecule has 0 bridgehead atoms. The molecule has 2 aromatic rings. The molecule has 0 aromatic heterocycles. The van der Waals surface area contributed by atoms with Crippen LogP contribution in [0.5, 0.6) is 0 Å². The van der Waals surface area contributed by atoms with Gasteiger partial charge in [0, 0.05) is 0 Å². The van der Waals surface area contributed by atoms with Crippen molar-refractivity contribution in [1.29, 1.82) is 0 Å². The maximum absolute atomic E-state index is 11.8. The minimum Gasteiger partial charge on any atom is -0.462 e. The quantitative estimate of drug-likeness (QED) is 0.608. The molecule has 20 heavy (non-hydrogen) atoms. The minimum absolute atomic E-state index is 0.275. The predicted octanol–water partition coefficient (Wildman–Crippen LogP) is 4.32. The molecule has 0 aliphatic rings. The van der Waals surface area contributed by atoms with E-state index in [4.69, 9.17) is 4.74 Å². The van der Waals surface area contributed by atoms with Gasteiger partial charge >= 0.3 is 5.97 Å². The Morgan fingerprint density at radius 1 is 1.00 bits per heavy atom. The van der Waals surface area contributed by atoms with Crippen molar-refractivity contribution in [2.45, 2.75) is 13.8 Å². The summed E-state index contributed by atoms with van der Waals surface area (Å²) in [7, 11) is 0. The van der Waals surface area contributed by atoms with Crippen LogP contribution in [0.25, 0.3) is 16.7 Å². The third-order valence-corrected chi connectivity index (χ3v) is 3.09. The topological polar surface area (TPSA) is 26.3 Å². The first-order valence-electron chi connectivity index (χ1n) is 6.75. The van der Waals surface area contributed by atoms with E-state index in [-0.39, 0.29) is 5.97 Å². The first-order chi connectivity index (χ1) is 9.76. The number of rotatable bonds is 4. The molecule has 0 atom stereocenters. The molecule has 0 spiro atoms. The Labute approximate surface area is 119 Å². The third kappa shape index (κ3) is 3.15. The van der Waals surface area contributed by atoms with Crippen LogP contribution >= 0.6 is 0 Å². The molecule has 102 valence electrons. The molecule has 2 aromatic carbocycles. The average Bonchev–Trinajstić information content (AvgIpc) is 2.50. The lowest BCUT2D eigenvalue weighted by molar-refractivity contribution is -0.136. The second kappa shape index (κ2) is 6.71. The molecule has 0 N–H and O–H groups in total. The fourth-order valence-electron chi connectivity index (χ4n) is 2.08. The van der Waals surface area contributed by atoms with Crippen molar-refractivity contribution in [2.75, 3.05) is 6.61 Å². The number of carbonyl (C=O) groups excluding carboxylic acids is 1. The largest absolute Gasteiger partial charge is 0.462 e. The van der Waals surface area contributed by atoms with Gasteiger partial charge in [0.25, 0.3) is 0 Å². The molecular formula is C18H18O2. The van der Waals surface area contributed by atoms with E-state index in [0.717, 1.165) is 16.7 Å². The molecule has 0 aliphatic heterocycles. The number of esters is 1. The Bertz CT molecular complexity index is 595. The zero-order valence-corrected chi connectivity index (χ0v) is 11.8. The number of ether oxygens (including phenoxy) is 1. The molecule has 2 heteroatoms. The lowest BCUT2D eigenvalue weighted by Gasteiger charge is -2.08. The fourth-order valence-corrected chi connectivity index (χ4v) is 2.08. The van der Waals surface area contributed by atoms with Crippen LogP contribution in [0.3, 0.4) is 0 Å². The zero-order chi connectivity index (χ0) is 14.4. The maximum Gasteiger partial charge on any atom is 0.338 e. The van der Waals surface area contributed by atoms with Crippen LogP contribution in [0.15, 0.2) is 60.7 Å². The molecule has 2 rings (SSSR count). The van der Waals surface area contributed by atoms with Gasteiger partial charge in [-0.1, -0.05) is 60.7 Å². The normalized spacial score (nSPS) is 11.2. The molecule has 0 saturated carbocycles. The average molecular weight is 266 g/mol. The molecule has 0 amide bonds. The second-order valence-corrected chi connectivity index (χ2v) is 4.37. The molecule has 0 heterocycles. The zero-order valence-electron chi connectivity index (χ0n) is 11.8. The summed E-state index contributed by atoms with van der Waals surface area (Å²) in [4.78, 5) is 11.8. The van der Waals surface area contributed by atoms with Gasteiger partial charge in [-0.25, -0.2) is 4.79 Å². The summed E-state index contributed by atoms with van der Waals surface area (Å²) >= 11 is 0. The Morgan fingerprint density at radius 3 is 2.15 bits per heavy atom. The van der Waals surface area contributed by atoms with Gasteiger partial charge in [-0.3, -0.25) is 0 Å². The van der Waals surface area contributed by atoms with E-state index < -0.39 is 0 Å². The van der Waals surface area contributed by atoms with Crippen LogP contribution < -0.4 is 0 Å². The Kier molecular flexibility index (Phi) is 4.72. The Hall–Kier alpha value is -2.35. The van der Waals surface area contributed by atoms with Gasteiger partial charge in [0.15, 0.2) is 0 Å². The van der Waals surface area contributed by atoms with Crippen LogP contribution in [-0.2, 0) is 9.53 Å². The summed E-state index contributed by atoms with van der Waals surface area (Å²) in [5, 5.41) is 0. The van der Waals surface area contributed by atoms with Crippen molar-refractivity contribution in [2.24, 2.45) is 0 Å². The van der Waals surface area contributed by atoms with Gasteiger partial charge in [0.05, 0.1) is 12.2 Å². The van der Waals surface area contributed by atoms with Crippen LogP contribution in [0, 0.1) is 0 Å². The molecule has 0 aliphatic carbocycles. The van der Waals surface area contributed by atoms with Gasteiger partial charge < -0.3 is 4.74 Å². The highest BCUT2D eigenvalue weighted by Gasteiger charge is 2.11. The number of benzene rings is 2. The number of carbonyl (C=O) groups is 1. The Morgan fingerprint density at radius 2 is 1.60 bits per heavy atom. The lowest BCUT2D eigenvalue weighted by atomic mass is 10.0. The first kappa shape index (κ1) is 14.1. The van der Waals surface area contributed by atoms with Crippen LogP contribution in [0.2, 0.25) is 0 Å². The molecule has 0 radical (unpaired) electrons. The summed E-state index contributed by atoms with van der Waals surface area (Å²) in [5.74, 6) is -0.275. The van der Waals surface area contributed by atoms with E-state index in [1.165, 1.54) is 0 Å². The molecule has 0 unspecified atom stereocenters. The SMILES string of the molecule is CC=C(C(=O)OCC)c1ccc(-c2ccccc2)cc1. The van der Waals surface area contributed by atoms with Gasteiger partial charge in [0.2, 0.25) is 0 Å². The lowest BCUT2D eigenvalue weighted by Crippen LogP contribution is -2.06. The van der Waals surface area contributed by atoms with Crippen LogP contribution in [0.4, 0.5) is 0 Å². The van der Waals surface area contributed by atoms with E-state index in [1.54, 1.807) is 6.08 Å². The van der Waals surface area contributed by atoms with E-state index >= 15 is 0 Å². The van der Waals surface area contributed by atoms with E-state index in [9.17, 15) is 4.79 Å². The standard InChI is InChI=1S/C18H18O2/c1-3-17(18(19)20-4-2)16-12-10-15(11-13-16)14-8-6-5-7-9-14/h3,5-13H,4H2,1-2H3. The smallest absolute Gasteiger partial charge is 0.338 e. The van der Waals surface area contributed by atoms with Crippen molar-refractivity contribution in [1.82, 2.24) is 0 Å². The van der Waals surface area contributed by atoms with Crippen molar-refractivity contribution >= 4 is 11.5 Å². The summed E-state index contributed by atoms with van der Waals surface area (Å²) in [6.45, 7) is 4.04. The van der Waals surface area contributed by atoms with Gasteiger partial charge in [0.1, 0.15) is 0 Å². The second-order valence-electron chi connectivity index (χ2n) is 4.37. The molecule has 2 nitrogen and oxygen atoms in total. The highest BCUT2D eigenvalue weighted by atomic mass is 16.5. The number of hydrogen-bond acceptors (Lipinski definition) is 2. The highest BCUT2D eigenvalue weighted by Crippen LogP contribution is 2.23. The van der Waals surface area contributed by atoms with E-state index in [2.05, 4.69) is 12.1 Å². The van der Waals surface area contributed by atoms with Crippen LogP contribution in [0.1, 0.15) is 19.4 Å². The van der Waals surface area contributed by atoms with Crippen molar-refractivity contribution < 1.29 is 9.53 Å². The summed E-state index contributed by atoms with van der Waals surface area (Å²) in [6, 6.07) is 18.1. The third-order valence-electron chi connectivity index (χ3n) is 3.09. The van der Waals surface area contributed by atoms with Crippen LogP contribution in [-0.4, -0.2) is 12.6 Å². The molecule has 0 fully saturated rings. The van der Waals surface area contributed by atoms with Crippen molar-refractivity contribution in [3.8, 4) is 11.1 Å². The number of allylic oxidation sites excluding steroid dienone is 1. The van der Waals surface area contributed by atoms with E-state index in [0.29, 0.717) is 12.2 Å². The highest BCUT2D eigenvalue weighted by molar-refractivity contribution is 6.16. The summed E-state index contributed by atoms with van der Waals surface area (Å²) in [6.07, 6.45) is 1.79. The first-order valence-corrected chi connectivity index (χ1v) is 6.75. The minimum atomic E-state index is -0.275. The van der Waals surface area contributed by atoms with Gasteiger partial charge in [-0.05, 0) is 30.5 Å². The Balaban J connectivity index is 2.26.